The third kappa shape index (κ3) is 3.41. The van der Waals surface area contributed by atoms with Gasteiger partial charge in [-0.05, 0) is 43.7 Å². The molecule has 0 radical (unpaired) electrons. The SMILES string of the molecule is Cc1ccc(-c2nc3cc(C(=O)NC(C)c4ccccc4)cc(N)n3n2)s1. The van der Waals surface area contributed by atoms with Crippen LogP contribution in [0.4, 0.5) is 5.82 Å². The van der Waals surface area contributed by atoms with Crippen LogP contribution in [0, 0.1) is 6.92 Å². The van der Waals surface area contributed by atoms with Gasteiger partial charge in [-0.3, -0.25) is 4.79 Å². The largest absolute Gasteiger partial charge is 0.384 e. The Balaban J connectivity index is 1.63. The van der Waals surface area contributed by atoms with Gasteiger partial charge in [-0.15, -0.1) is 16.4 Å². The molecule has 0 aliphatic rings. The number of nitrogen functional groups attached to an aromatic ring is 1. The van der Waals surface area contributed by atoms with Crippen molar-refractivity contribution in [3.8, 4) is 10.7 Å². The van der Waals surface area contributed by atoms with E-state index < -0.39 is 0 Å². The summed E-state index contributed by atoms with van der Waals surface area (Å²) in [5.74, 6) is 0.782. The van der Waals surface area contributed by atoms with Gasteiger partial charge in [-0.2, -0.15) is 4.52 Å². The summed E-state index contributed by atoms with van der Waals surface area (Å²) in [7, 11) is 0. The Morgan fingerprint density at radius 1 is 1.19 bits per heavy atom. The minimum absolute atomic E-state index is 0.112. The maximum Gasteiger partial charge on any atom is 0.252 e. The van der Waals surface area contributed by atoms with E-state index in [9.17, 15) is 4.79 Å². The number of nitrogens with two attached hydrogens (primary N) is 1. The molecule has 136 valence electrons. The van der Waals surface area contributed by atoms with Crippen LogP contribution in [-0.2, 0) is 0 Å². The van der Waals surface area contributed by atoms with Crippen LogP contribution in [0.5, 0.6) is 0 Å². The first-order valence-corrected chi connectivity index (χ1v) is 9.42. The van der Waals surface area contributed by atoms with E-state index in [1.807, 2.05) is 56.3 Å². The molecular weight excluding hydrogens is 358 g/mol. The highest BCUT2D eigenvalue weighted by Crippen LogP contribution is 2.26. The Labute approximate surface area is 160 Å². The zero-order chi connectivity index (χ0) is 19.0. The second-order valence-electron chi connectivity index (χ2n) is 6.39. The lowest BCUT2D eigenvalue weighted by Crippen LogP contribution is -2.26. The first kappa shape index (κ1) is 17.2. The first-order valence-electron chi connectivity index (χ1n) is 8.60. The van der Waals surface area contributed by atoms with Crippen molar-refractivity contribution in [1.29, 1.82) is 0 Å². The Morgan fingerprint density at radius 2 is 1.96 bits per heavy atom. The van der Waals surface area contributed by atoms with E-state index in [1.54, 1.807) is 28.0 Å². The highest BCUT2D eigenvalue weighted by molar-refractivity contribution is 7.15. The van der Waals surface area contributed by atoms with Crippen molar-refractivity contribution >= 4 is 28.7 Å². The van der Waals surface area contributed by atoms with Gasteiger partial charge in [0.15, 0.2) is 11.5 Å². The number of pyridine rings is 1. The number of amides is 1. The fourth-order valence-electron chi connectivity index (χ4n) is 2.90. The number of fused-ring (bicyclic) bond motifs is 1. The molecule has 3 N–H and O–H groups in total. The molecule has 0 spiro atoms. The van der Waals surface area contributed by atoms with E-state index in [0.717, 1.165) is 10.4 Å². The van der Waals surface area contributed by atoms with Gasteiger partial charge in [-0.25, -0.2) is 4.98 Å². The van der Waals surface area contributed by atoms with Crippen molar-refractivity contribution in [3.05, 3.63) is 70.6 Å². The minimum Gasteiger partial charge on any atom is -0.384 e. The Bertz CT molecular complexity index is 1120. The van der Waals surface area contributed by atoms with Crippen molar-refractivity contribution in [3.63, 3.8) is 0 Å². The number of nitrogens with one attached hydrogen (secondary N) is 1. The van der Waals surface area contributed by atoms with Crippen LogP contribution in [-0.4, -0.2) is 20.5 Å². The van der Waals surface area contributed by atoms with Crippen LogP contribution in [0.1, 0.15) is 33.8 Å². The Hall–Kier alpha value is -3.19. The number of rotatable bonds is 4. The van der Waals surface area contributed by atoms with Gasteiger partial charge < -0.3 is 11.1 Å². The number of anilines is 1. The van der Waals surface area contributed by atoms with E-state index in [4.69, 9.17) is 5.73 Å². The molecule has 4 rings (SSSR count). The van der Waals surface area contributed by atoms with E-state index in [1.165, 1.54) is 4.88 Å². The molecule has 3 aromatic heterocycles. The molecule has 0 saturated carbocycles. The maximum atomic E-state index is 12.7. The highest BCUT2D eigenvalue weighted by atomic mass is 32.1. The van der Waals surface area contributed by atoms with Gasteiger partial charge in [0, 0.05) is 10.4 Å². The molecule has 1 amide bonds. The molecule has 0 saturated heterocycles. The molecule has 1 atom stereocenters. The topological polar surface area (TPSA) is 85.3 Å². The maximum absolute atomic E-state index is 12.7. The molecule has 3 heterocycles. The summed E-state index contributed by atoms with van der Waals surface area (Å²) in [6.45, 7) is 3.98. The Kier molecular flexibility index (Phi) is 4.37. The number of hydrogen-bond acceptors (Lipinski definition) is 5. The number of aryl methyl sites for hydroxylation is 1. The van der Waals surface area contributed by atoms with Crippen molar-refractivity contribution in [2.75, 3.05) is 5.73 Å². The van der Waals surface area contributed by atoms with E-state index >= 15 is 0 Å². The summed E-state index contributed by atoms with van der Waals surface area (Å²) < 4.78 is 1.56. The fraction of sp³-hybridized carbons (Fsp3) is 0.150. The van der Waals surface area contributed by atoms with E-state index in [0.29, 0.717) is 22.9 Å². The monoisotopic (exact) mass is 377 g/mol. The number of hydrogen-bond donors (Lipinski definition) is 2. The second kappa shape index (κ2) is 6.85. The first-order chi connectivity index (χ1) is 13.0. The molecule has 0 bridgehead atoms. The van der Waals surface area contributed by atoms with Crippen LogP contribution >= 0.6 is 11.3 Å². The summed E-state index contributed by atoms with van der Waals surface area (Å²) in [5.41, 5.74) is 8.17. The summed E-state index contributed by atoms with van der Waals surface area (Å²) >= 11 is 1.62. The lowest BCUT2D eigenvalue weighted by molar-refractivity contribution is 0.0940. The molecule has 1 unspecified atom stereocenters. The van der Waals surface area contributed by atoms with Gasteiger partial charge in [0.25, 0.3) is 5.91 Å². The normalized spacial score (nSPS) is 12.2. The van der Waals surface area contributed by atoms with Crippen molar-refractivity contribution < 1.29 is 4.79 Å². The highest BCUT2D eigenvalue weighted by Gasteiger charge is 2.16. The Morgan fingerprint density at radius 3 is 2.67 bits per heavy atom. The predicted molar refractivity (Wildman–Crippen MR) is 108 cm³/mol. The number of carbonyl (C=O) groups excluding carboxylic acids is 1. The van der Waals surface area contributed by atoms with Gasteiger partial charge in [0.1, 0.15) is 5.82 Å². The standard InChI is InChI=1S/C20H19N5OS/c1-12-8-9-16(27-12)19-23-18-11-15(10-17(21)25(18)24-19)20(26)22-13(2)14-6-4-3-5-7-14/h3-11,13H,21H2,1-2H3,(H,22,26). The summed E-state index contributed by atoms with van der Waals surface area (Å²) in [6.07, 6.45) is 0. The summed E-state index contributed by atoms with van der Waals surface area (Å²) in [5, 5.41) is 7.46. The van der Waals surface area contributed by atoms with Crippen molar-refractivity contribution in [2.45, 2.75) is 19.9 Å². The van der Waals surface area contributed by atoms with E-state index in [-0.39, 0.29) is 11.9 Å². The van der Waals surface area contributed by atoms with Crippen molar-refractivity contribution in [2.24, 2.45) is 0 Å². The predicted octanol–water partition coefficient (Wildman–Crippen LogP) is 3.84. The molecule has 4 aromatic rings. The average molecular weight is 377 g/mol. The second-order valence-corrected chi connectivity index (χ2v) is 7.68. The molecule has 7 heteroatoms. The van der Waals surface area contributed by atoms with Gasteiger partial charge >= 0.3 is 0 Å². The summed E-state index contributed by atoms with van der Waals surface area (Å²) in [6, 6.07) is 17.0. The van der Waals surface area contributed by atoms with E-state index in [2.05, 4.69) is 15.4 Å². The number of nitrogens with zero attached hydrogens (tertiary/aromatic N) is 3. The fourth-order valence-corrected chi connectivity index (χ4v) is 3.70. The van der Waals surface area contributed by atoms with Crippen LogP contribution in [0.2, 0.25) is 0 Å². The molecule has 27 heavy (non-hydrogen) atoms. The van der Waals surface area contributed by atoms with Gasteiger partial charge in [-0.1, -0.05) is 30.3 Å². The van der Waals surface area contributed by atoms with Crippen LogP contribution in [0.25, 0.3) is 16.3 Å². The zero-order valence-corrected chi connectivity index (χ0v) is 15.8. The zero-order valence-electron chi connectivity index (χ0n) is 15.0. The third-order valence-corrected chi connectivity index (χ3v) is 5.33. The molecule has 1 aromatic carbocycles. The van der Waals surface area contributed by atoms with Crippen LogP contribution in [0.3, 0.4) is 0 Å². The summed E-state index contributed by atoms with van der Waals surface area (Å²) in [4.78, 5) is 19.4. The molecule has 6 nitrogen and oxygen atoms in total. The third-order valence-electron chi connectivity index (χ3n) is 4.33. The van der Waals surface area contributed by atoms with Crippen LogP contribution < -0.4 is 11.1 Å². The van der Waals surface area contributed by atoms with Gasteiger partial charge in [0.2, 0.25) is 0 Å². The minimum atomic E-state index is -0.197. The molecule has 0 aliphatic carbocycles. The van der Waals surface area contributed by atoms with Crippen molar-refractivity contribution in [1.82, 2.24) is 19.9 Å². The van der Waals surface area contributed by atoms with Gasteiger partial charge in [0.05, 0.1) is 10.9 Å². The molecule has 0 aliphatic heterocycles. The number of carbonyl (C=O) groups is 1. The lowest BCUT2D eigenvalue weighted by atomic mass is 10.1. The lowest BCUT2D eigenvalue weighted by Gasteiger charge is -2.14. The quantitative estimate of drug-likeness (QED) is 0.566. The average Bonchev–Trinajstić information content (AvgIpc) is 3.28. The number of benzene rings is 1. The smallest absolute Gasteiger partial charge is 0.252 e. The molecule has 0 fully saturated rings. The number of thiophene rings is 1. The number of aromatic nitrogens is 3. The molecular formula is C20H19N5OS. The van der Waals surface area contributed by atoms with Crippen LogP contribution in [0.15, 0.2) is 54.6 Å².